The zero-order valence-electron chi connectivity index (χ0n) is 10.7. The molecule has 5 heteroatoms. The molecule has 2 heterocycles. The maximum absolute atomic E-state index is 5.64. The molecule has 0 saturated carbocycles. The van der Waals surface area contributed by atoms with Crippen molar-refractivity contribution in [2.24, 2.45) is 0 Å². The predicted molar refractivity (Wildman–Crippen MR) is 79.4 cm³/mol. The zero-order chi connectivity index (χ0) is 13.8. The fourth-order valence-corrected chi connectivity index (χ4v) is 1.78. The fourth-order valence-electron chi connectivity index (χ4n) is 1.78. The highest BCUT2D eigenvalue weighted by molar-refractivity contribution is 5.62. The smallest absolute Gasteiger partial charge is 0.153 e. The summed E-state index contributed by atoms with van der Waals surface area (Å²) in [5, 5.41) is 11.5. The van der Waals surface area contributed by atoms with Gasteiger partial charge < -0.3 is 11.1 Å². The Morgan fingerprint density at radius 2 is 1.75 bits per heavy atom. The molecule has 0 aliphatic carbocycles. The summed E-state index contributed by atoms with van der Waals surface area (Å²) < 4.78 is 0. The van der Waals surface area contributed by atoms with Crippen molar-refractivity contribution in [2.75, 3.05) is 11.1 Å². The molecule has 3 N–H and O–H groups in total. The predicted octanol–water partition coefficient (Wildman–Crippen LogP) is 2.86. The van der Waals surface area contributed by atoms with Crippen LogP contribution in [0.4, 0.5) is 17.2 Å². The molecule has 98 valence electrons. The molecule has 0 aliphatic rings. The van der Waals surface area contributed by atoms with Crippen molar-refractivity contribution < 1.29 is 0 Å². The van der Waals surface area contributed by atoms with E-state index in [1.165, 1.54) is 0 Å². The second-order valence-electron chi connectivity index (χ2n) is 4.29. The number of nitrogen functional groups attached to an aromatic ring is 1. The first-order valence-electron chi connectivity index (χ1n) is 6.18. The van der Waals surface area contributed by atoms with Gasteiger partial charge in [0.15, 0.2) is 5.82 Å². The molecule has 0 atom stereocenters. The molecular formula is C15H13N5. The van der Waals surface area contributed by atoms with Gasteiger partial charge in [-0.15, -0.1) is 10.2 Å². The molecule has 20 heavy (non-hydrogen) atoms. The molecule has 2 aromatic heterocycles. The Labute approximate surface area is 116 Å². The van der Waals surface area contributed by atoms with E-state index in [4.69, 9.17) is 5.73 Å². The zero-order valence-corrected chi connectivity index (χ0v) is 10.7. The Kier molecular flexibility index (Phi) is 3.24. The molecule has 0 saturated heterocycles. The topological polar surface area (TPSA) is 76.7 Å². The lowest BCUT2D eigenvalue weighted by Gasteiger charge is -2.06. The van der Waals surface area contributed by atoms with Crippen LogP contribution in [0, 0.1) is 0 Å². The SMILES string of the molecule is Nc1ccc(Nc2ccc(-c3cccnc3)nn2)cc1. The van der Waals surface area contributed by atoms with E-state index in [0.717, 1.165) is 22.6 Å². The lowest BCUT2D eigenvalue weighted by atomic mass is 10.2. The molecule has 0 spiro atoms. The highest BCUT2D eigenvalue weighted by Gasteiger charge is 2.01. The lowest BCUT2D eigenvalue weighted by Crippen LogP contribution is -1.96. The van der Waals surface area contributed by atoms with Gasteiger partial charge in [0, 0.05) is 29.3 Å². The van der Waals surface area contributed by atoms with Crippen LogP contribution in [0.25, 0.3) is 11.3 Å². The molecule has 3 rings (SSSR count). The summed E-state index contributed by atoms with van der Waals surface area (Å²) in [5.74, 6) is 0.683. The van der Waals surface area contributed by atoms with Crippen LogP contribution in [0.5, 0.6) is 0 Å². The molecule has 3 aromatic rings. The van der Waals surface area contributed by atoms with Gasteiger partial charge in [0.25, 0.3) is 0 Å². The van der Waals surface area contributed by atoms with E-state index in [1.807, 2.05) is 48.5 Å². The van der Waals surface area contributed by atoms with Crippen molar-refractivity contribution in [3.63, 3.8) is 0 Å². The van der Waals surface area contributed by atoms with E-state index < -0.39 is 0 Å². The summed E-state index contributed by atoms with van der Waals surface area (Å²) in [6, 6.07) is 15.1. The molecule has 5 nitrogen and oxygen atoms in total. The molecular weight excluding hydrogens is 250 g/mol. The number of rotatable bonds is 3. The minimum absolute atomic E-state index is 0.683. The number of nitrogens with zero attached hydrogens (tertiary/aromatic N) is 3. The third kappa shape index (κ3) is 2.72. The number of pyridine rings is 1. The second kappa shape index (κ2) is 5.36. The summed E-state index contributed by atoms with van der Waals surface area (Å²) >= 11 is 0. The van der Waals surface area contributed by atoms with Crippen LogP contribution >= 0.6 is 0 Å². The van der Waals surface area contributed by atoms with Gasteiger partial charge in [-0.2, -0.15) is 0 Å². The Balaban J connectivity index is 1.78. The minimum Gasteiger partial charge on any atom is -0.399 e. The van der Waals surface area contributed by atoms with Gasteiger partial charge in [-0.05, 0) is 48.5 Å². The lowest BCUT2D eigenvalue weighted by molar-refractivity contribution is 1.04. The summed E-state index contributed by atoms with van der Waals surface area (Å²) in [4.78, 5) is 4.06. The number of aromatic nitrogens is 3. The van der Waals surface area contributed by atoms with Crippen LogP contribution in [0.1, 0.15) is 0 Å². The summed E-state index contributed by atoms with van der Waals surface area (Å²) in [7, 11) is 0. The van der Waals surface area contributed by atoms with Gasteiger partial charge in [0.05, 0.1) is 5.69 Å². The summed E-state index contributed by atoms with van der Waals surface area (Å²) in [6.45, 7) is 0. The number of hydrogen-bond acceptors (Lipinski definition) is 5. The van der Waals surface area contributed by atoms with Crippen molar-refractivity contribution in [1.29, 1.82) is 0 Å². The molecule has 0 amide bonds. The highest BCUT2D eigenvalue weighted by atomic mass is 15.2. The Hall–Kier alpha value is -2.95. The first kappa shape index (κ1) is 12.1. The number of anilines is 3. The average molecular weight is 263 g/mol. The normalized spacial score (nSPS) is 10.2. The van der Waals surface area contributed by atoms with Crippen LogP contribution < -0.4 is 11.1 Å². The first-order chi connectivity index (χ1) is 9.81. The Morgan fingerprint density at radius 3 is 2.40 bits per heavy atom. The van der Waals surface area contributed by atoms with Gasteiger partial charge in [-0.25, -0.2) is 0 Å². The number of benzene rings is 1. The van der Waals surface area contributed by atoms with Crippen molar-refractivity contribution in [3.05, 3.63) is 60.9 Å². The maximum Gasteiger partial charge on any atom is 0.153 e. The van der Waals surface area contributed by atoms with E-state index in [9.17, 15) is 0 Å². The molecule has 0 radical (unpaired) electrons. The standard InChI is InChI=1S/C15H13N5/c16-12-3-5-13(6-4-12)18-15-8-7-14(19-20-15)11-2-1-9-17-10-11/h1-10H,16H2,(H,18,20). The van der Waals surface area contributed by atoms with Crippen molar-refractivity contribution in [2.45, 2.75) is 0 Å². The quantitative estimate of drug-likeness (QED) is 0.710. The molecule has 1 aromatic carbocycles. The first-order valence-corrected chi connectivity index (χ1v) is 6.18. The molecule has 0 fully saturated rings. The number of hydrogen-bond donors (Lipinski definition) is 2. The van der Waals surface area contributed by atoms with Crippen LogP contribution in [-0.2, 0) is 0 Å². The monoisotopic (exact) mass is 263 g/mol. The average Bonchev–Trinajstić information content (AvgIpc) is 2.51. The summed E-state index contributed by atoms with van der Waals surface area (Å²) in [6.07, 6.45) is 3.49. The largest absolute Gasteiger partial charge is 0.399 e. The summed E-state index contributed by atoms with van der Waals surface area (Å²) in [5.41, 5.74) is 9.03. The number of nitrogens with two attached hydrogens (primary N) is 1. The van der Waals surface area contributed by atoms with Gasteiger partial charge in [0.1, 0.15) is 0 Å². The van der Waals surface area contributed by atoms with E-state index >= 15 is 0 Å². The Bertz CT molecular complexity index is 678. The number of nitrogens with one attached hydrogen (secondary N) is 1. The highest BCUT2D eigenvalue weighted by Crippen LogP contribution is 2.18. The van der Waals surface area contributed by atoms with Crippen molar-refractivity contribution >= 4 is 17.2 Å². The molecule has 0 unspecified atom stereocenters. The van der Waals surface area contributed by atoms with Gasteiger partial charge in [0.2, 0.25) is 0 Å². The van der Waals surface area contributed by atoms with E-state index in [2.05, 4.69) is 20.5 Å². The molecule has 0 aliphatic heterocycles. The Morgan fingerprint density at radius 1 is 0.900 bits per heavy atom. The fraction of sp³-hybridized carbons (Fsp3) is 0. The van der Waals surface area contributed by atoms with Crippen LogP contribution in [0.2, 0.25) is 0 Å². The van der Waals surface area contributed by atoms with Crippen molar-refractivity contribution in [1.82, 2.24) is 15.2 Å². The third-order valence-electron chi connectivity index (χ3n) is 2.80. The van der Waals surface area contributed by atoms with E-state index in [1.54, 1.807) is 12.4 Å². The van der Waals surface area contributed by atoms with Crippen LogP contribution in [-0.4, -0.2) is 15.2 Å². The van der Waals surface area contributed by atoms with E-state index in [-0.39, 0.29) is 0 Å². The van der Waals surface area contributed by atoms with Crippen LogP contribution in [0.3, 0.4) is 0 Å². The van der Waals surface area contributed by atoms with E-state index in [0.29, 0.717) is 5.82 Å². The van der Waals surface area contributed by atoms with Gasteiger partial charge >= 0.3 is 0 Å². The maximum atomic E-state index is 5.64. The van der Waals surface area contributed by atoms with Crippen LogP contribution in [0.15, 0.2) is 60.9 Å². The minimum atomic E-state index is 0.683. The molecule has 0 bridgehead atoms. The second-order valence-corrected chi connectivity index (χ2v) is 4.29. The van der Waals surface area contributed by atoms with Gasteiger partial charge in [-0.1, -0.05) is 0 Å². The van der Waals surface area contributed by atoms with Gasteiger partial charge in [-0.3, -0.25) is 4.98 Å². The van der Waals surface area contributed by atoms with Crippen molar-refractivity contribution in [3.8, 4) is 11.3 Å². The third-order valence-corrected chi connectivity index (χ3v) is 2.80.